The topological polar surface area (TPSA) is 31.6 Å². The minimum absolute atomic E-state index is 0.217. The minimum atomic E-state index is -2.35. The van der Waals surface area contributed by atoms with Crippen molar-refractivity contribution >= 4 is 11.8 Å². The van der Waals surface area contributed by atoms with Gasteiger partial charge in [0.05, 0.1) is 12.3 Å². The normalized spacial score (nSPS) is 19.0. The smallest absolute Gasteiger partial charge is 0.284 e. The van der Waals surface area contributed by atoms with Crippen molar-refractivity contribution in [3.63, 3.8) is 0 Å². The van der Waals surface area contributed by atoms with E-state index in [1.165, 1.54) is 0 Å². The van der Waals surface area contributed by atoms with Gasteiger partial charge in [-0.15, -0.1) is 0 Å². The molecule has 0 aliphatic carbocycles. The summed E-state index contributed by atoms with van der Waals surface area (Å²) in [5.74, 6) is -0.728. The molecule has 1 saturated heterocycles. The van der Waals surface area contributed by atoms with Gasteiger partial charge in [0.1, 0.15) is 11.5 Å². The molecule has 0 bridgehead atoms. The Hall–Kier alpha value is -0.630. The van der Waals surface area contributed by atoms with E-state index in [0.717, 1.165) is 38.5 Å². The second-order valence-electron chi connectivity index (χ2n) is 5.83. The van der Waals surface area contributed by atoms with Crippen molar-refractivity contribution < 1.29 is 13.2 Å². The predicted octanol–water partition coefficient (Wildman–Crippen LogP) is 2.46. The van der Waals surface area contributed by atoms with Gasteiger partial charge in [0, 0.05) is 38.8 Å². The highest BCUT2D eigenvalue weighted by Gasteiger charge is 2.16. The zero-order valence-corrected chi connectivity index (χ0v) is 14.0. The maximum atomic E-state index is 12.1. The van der Waals surface area contributed by atoms with Crippen LogP contribution < -0.4 is 5.32 Å². The summed E-state index contributed by atoms with van der Waals surface area (Å²) in [6.45, 7) is 8.27. The van der Waals surface area contributed by atoms with Gasteiger partial charge in [-0.1, -0.05) is 11.8 Å². The van der Waals surface area contributed by atoms with Crippen LogP contribution in [-0.4, -0.2) is 61.4 Å². The molecular formula is C15H25F2N3OS. The van der Waals surface area contributed by atoms with E-state index < -0.39 is 5.76 Å². The first-order chi connectivity index (χ1) is 10.5. The van der Waals surface area contributed by atoms with Gasteiger partial charge in [-0.2, -0.15) is 8.78 Å². The van der Waals surface area contributed by atoms with Gasteiger partial charge in [-0.25, -0.2) is 0 Å². The molecule has 1 unspecified atom stereocenters. The molecule has 1 N–H and O–H groups in total. The maximum Gasteiger partial charge on any atom is 0.284 e. The molecule has 0 spiro atoms. The lowest BCUT2D eigenvalue weighted by Crippen LogP contribution is -2.48. The van der Waals surface area contributed by atoms with E-state index in [9.17, 15) is 8.78 Å². The highest BCUT2D eigenvalue weighted by atomic mass is 32.2. The highest BCUT2D eigenvalue weighted by molar-refractivity contribution is 7.98. The Morgan fingerprint density at radius 1 is 1.23 bits per heavy atom. The fourth-order valence-corrected chi connectivity index (χ4v) is 2.94. The Bertz CT molecular complexity index is 436. The quantitative estimate of drug-likeness (QED) is 0.790. The average molecular weight is 333 g/mol. The van der Waals surface area contributed by atoms with Crippen LogP contribution in [0.3, 0.4) is 0 Å². The molecule has 2 heterocycles. The van der Waals surface area contributed by atoms with Crippen LogP contribution in [0.1, 0.15) is 18.4 Å². The molecule has 0 amide bonds. The number of hydrogen-bond donors (Lipinski definition) is 1. The van der Waals surface area contributed by atoms with Crippen LogP contribution in [0.4, 0.5) is 8.78 Å². The lowest BCUT2D eigenvalue weighted by Gasteiger charge is -2.34. The summed E-state index contributed by atoms with van der Waals surface area (Å²) in [6, 6.07) is 4.00. The van der Waals surface area contributed by atoms with Gasteiger partial charge in [0.15, 0.2) is 0 Å². The van der Waals surface area contributed by atoms with Crippen LogP contribution >= 0.6 is 11.8 Å². The molecule has 1 fully saturated rings. The van der Waals surface area contributed by atoms with Gasteiger partial charge in [0.2, 0.25) is 0 Å². The van der Waals surface area contributed by atoms with Crippen molar-refractivity contribution in [1.29, 1.82) is 0 Å². The molecule has 0 aromatic carbocycles. The molecule has 22 heavy (non-hydrogen) atoms. The first-order valence-electron chi connectivity index (χ1n) is 7.64. The number of hydrogen-bond acceptors (Lipinski definition) is 5. The molecule has 1 aliphatic heterocycles. The number of likely N-dealkylation sites (N-methyl/N-ethyl adjacent to an activating group) is 1. The summed E-state index contributed by atoms with van der Waals surface area (Å²) >= 11 is 0.587. The van der Waals surface area contributed by atoms with E-state index >= 15 is 0 Å². The van der Waals surface area contributed by atoms with Gasteiger partial charge in [0.25, 0.3) is 5.76 Å². The van der Waals surface area contributed by atoms with Crippen molar-refractivity contribution in [3.05, 3.63) is 23.7 Å². The second kappa shape index (κ2) is 8.86. The number of rotatable bonds is 8. The second-order valence-corrected chi connectivity index (χ2v) is 6.80. The lowest BCUT2D eigenvalue weighted by atomic mass is 10.2. The largest absolute Gasteiger partial charge is 0.464 e. The summed E-state index contributed by atoms with van der Waals surface area (Å²) in [4.78, 5) is 4.81. The first kappa shape index (κ1) is 17.7. The van der Waals surface area contributed by atoms with Crippen LogP contribution in [0.15, 0.2) is 16.5 Å². The van der Waals surface area contributed by atoms with Gasteiger partial charge >= 0.3 is 0 Å². The Morgan fingerprint density at radius 3 is 2.59 bits per heavy atom. The third-order valence-electron chi connectivity index (χ3n) is 3.82. The van der Waals surface area contributed by atoms with Gasteiger partial charge < -0.3 is 14.6 Å². The van der Waals surface area contributed by atoms with Gasteiger partial charge in [-0.05, 0) is 26.1 Å². The fraction of sp³-hybridized carbons (Fsp3) is 0.733. The predicted molar refractivity (Wildman–Crippen MR) is 86.2 cm³/mol. The molecule has 0 radical (unpaired) electrons. The van der Waals surface area contributed by atoms with E-state index in [1.54, 1.807) is 6.07 Å². The Morgan fingerprint density at radius 2 is 1.91 bits per heavy atom. The number of furan rings is 1. The molecule has 0 saturated carbocycles. The zero-order chi connectivity index (χ0) is 15.9. The fourth-order valence-electron chi connectivity index (χ4n) is 2.50. The Kier molecular flexibility index (Phi) is 7.14. The SMILES string of the molecule is CC(CN1CCN(C)CC1)NCc1ccc(CSC(F)F)o1. The van der Waals surface area contributed by atoms with E-state index in [-0.39, 0.29) is 5.75 Å². The zero-order valence-electron chi connectivity index (χ0n) is 13.2. The van der Waals surface area contributed by atoms with Crippen molar-refractivity contribution in [2.45, 2.75) is 31.0 Å². The molecule has 4 nitrogen and oxygen atoms in total. The number of nitrogens with zero attached hydrogens (tertiary/aromatic N) is 2. The van der Waals surface area contributed by atoms with Crippen LogP contribution in [-0.2, 0) is 12.3 Å². The first-order valence-corrected chi connectivity index (χ1v) is 8.69. The average Bonchev–Trinajstić information content (AvgIpc) is 2.93. The molecule has 1 aromatic rings. The third kappa shape index (κ3) is 6.24. The van der Waals surface area contributed by atoms with Crippen LogP contribution in [0.5, 0.6) is 0 Å². The highest BCUT2D eigenvalue weighted by Crippen LogP contribution is 2.21. The third-order valence-corrected chi connectivity index (χ3v) is 4.52. The van der Waals surface area contributed by atoms with E-state index in [0.29, 0.717) is 30.1 Å². The van der Waals surface area contributed by atoms with Gasteiger partial charge in [-0.3, -0.25) is 4.90 Å². The number of piperazine rings is 1. The molecule has 7 heteroatoms. The van der Waals surface area contributed by atoms with Crippen molar-refractivity contribution in [3.8, 4) is 0 Å². The van der Waals surface area contributed by atoms with Crippen molar-refractivity contribution in [1.82, 2.24) is 15.1 Å². The molecule has 126 valence electrons. The Labute approximate surface area is 135 Å². The summed E-state index contributed by atoms with van der Waals surface area (Å²) in [5, 5.41) is 3.43. The molecule has 2 rings (SSSR count). The monoisotopic (exact) mass is 333 g/mol. The summed E-state index contributed by atoms with van der Waals surface area (Å²) < 4.78 is 29.8. The van der Waals surface area contributed by atoms with Crippen LogP contribution in [0.25, 0.3) is 0 Å². The van der Waals surface area contributed by atoms with E-state index in [4.69, 9.17) is 4.42 Å². The van der Waals surface area contributed by atoms with Crippen LogP contribution in [0, 0.1) is 0 Å². The standard InChI is InChI=1S/C15H25F2N3OS/c1-12(10-20-7-5-19(2)6-8-20)18-9-13-3-4-14(21-13)11-22-15(16)17/h3-4,12,15,18H,5-11H2,1-2H3. The minimum Gasteiger partial charge on any atom is -0.464 e. The summed E-state index contributed by atoms with van der Waals surface area (Å²) in [7, 11) is 2.15. The molecule has 1 atom stereocenters. The van der Waals surface area contributed by atoms with E-state index in [2.05, 4.69) is 29.1 Å². The number of halogens is 2. The lowest BCUT2D eigenvalue weighted by molar-refractivity contribution is 0.143. The van der Waals surface area contributed by atoms with E-state index in [1.807, 2.05) is 6.07 Å². The Balaban J connectivity index is 1.66. The number of nitrogens with one attached hydrogen (secondary N) is 1. The molecule has 1 aliphatic rings. The number of alkyl halides is 2. The summed E-state index contributed by atoms with van der Waals surface area (Å²) in [6.07, 6.45) is 0. The van der Waals surface area contributed by atoms with Crippen molar-refractivity contribution in [2.24, 2.45) is 0 Å². The number of thioether (sulfide) groups is 1. The molecular weight excluding hydrogens is 308 g/mol. The van der Waals surface area contributed by atoms with Crippen LogP contribution in [0.2, 0.25) is 0 Å². The van der Waals surface area contributed by atoms with Crippen molar-refractivity contribution in [2.75, 3.05) is 39.8 Å². The molecule has 1 aromatic heterocycles. The maximum absolute atomic E-state index is 12.1. The summed E-state index contributed by atoms with van der Waals surface area (Å²) in [5.41, 5.74) is 0.